The molecule has 130 valence electrons. The van der Waals surface area contributed by atoms with Crippen LogP contribution in [-0.4, -0.2) is 14.9 Å². The minimum atomic E-state index is -1.32. The average molecular weight is 367 g/mol. The first kappa shape index (κ1) is 17.5. The lowest BCUT2D eigenvalue weighted by Crippen LogP contribution is -2.06. The minimum absolute atomic E-state index is 0.00992. The van der Waals surface area contributed by atoms with Gasteiger partial charge in [0.05, 0.1) is 17.0 Å². The van der Waals surface area contributed by atoms with Crippen molar-refractivity contribution in [3.63, 3.8) is 0 Å². The highest BCUT2D eigenvalue weighted by molar-refractivity contribution is 6.31. The van der Waals surface area contributed by atoms with E-state index in [9.17, 15) is 18.3 Å². The maximum Gasteiger partial charge on any atom is 0.135 e. The maximum absolute atomic E-state index is 14.3. The lowest BCUT2D eigenvalue weighted by molar-refractivity contribution is 0.220. The Kier molecular flexibility index (Phi) is 4.58. The predicted molar refractivity (Wildman–Crippen MR) is 88.8 cm³/mol. The van der Waals surface area contributed by atoms with Crippen molar-refractivity contribution >= 4 is 11.6 Å². The number of hydrogen-bond acceptors (Lipinski definition) is 2. The van der Waals surface area contributed by atoms with Gasteiger partial charge in [0.25, 0.3) is 0 Å². The molecule has 0 radical (unpaired) electrons. The van der Waals surface area contributed by atoms with Crippen LogP contribution in [-0.2, 0) is 7.05 Å². The fourth-order valence-corrected chi connectivity index (χ4v) is 3.17. The Balaban J connectivity index is 2.24. The van der Waals surface area contributed by atoms with Gasteiger partial charge in [-0.1, -0.05) is 23.7 Å². The zero-order valence-corrected chi connectivity index (χ0v) is 14.2. The van der Waals surface area contributed by atoms with E-state index in [1.165, 1.54) is 23.9 Å². The number of aryl methyl sites for hydroxylation is 2. The number of aliphatic hydroxyl groups is 1. The molecule has 0 unspecified atom stereocenters. The molecule has 0 aliphatic heterocycles. The van der Waals surface area contributed by atoms with Gasteiger partial charge in [0.1, 0.15) is 23.6 Å². The molecule has 1 heterocycles. The van der Waals surface area contributed by atoms with E-state index in [4.69, 9.17) is 11.6 Å². The summed E-state index contributed by atoms with van der Waals surface area (Å²) in [5, 5.41) is 15.0. The molecule has 0 fully saturated rings. The van der Waals surface area contributed by atoms with E-state index in [1.54, 1.807) is 6.92 Å². The summed E-state index contributed by atoms with van der Waals surface area (Å²) in [6, 6.07) is 7.05. The summed E-state index contributed by atoms with van der Waals surface area (Å²) in [6.07, 6.45) is -1.32. The number of rotatable bonds is 3. The number of aromatic nitrogens is 2. The van der Waals surface area contributed by atoms with Crippen molar-refractivity contribution < 1.29 is 18.3 Å². The van der Waals surface area contributed by atoms with Crippen molar-refractivity contribution in [2.45, 2.75) is 13.0 Å². The molecule has 0 saturated carbocycles. The van der Waals surface area contributed by atoms with Crippen molar-refractivity contribution in [3.8, 4) is 11.3 Å². The molecule has 2 aromatic carbocycles. The first-order valence-electron chi connectivity index (χ1n) is 7.42. The molecule has 0 bridgehead atoms. The molecule has 1 atom stereocenters. The first-order valence-corrected chi connectivity index (χ1v) is 7.80. The summed E-state index contributed by atoms with van der Waals surface area (Å²) >= 11 is 6.02. The van der Waals surface area contributed by atoms with Gasteiger partial charge in [0, 0.05) is 23.2 Å². The molecule has 1 N–H and O–H groups in total. The Labute approximate surface area is 147 Å². The third-order valence-electron chi connectivity index (χ3n) is 4.00. The predicted octanol–water partition coefficient (Wildman–Crippen LogP) is 4.55. The van der Waals surface area contributed by atoms with Gasteiger partial charge >= 0.3 is 0 Å². The molecule has 0 aliphatic carbocycles. The molecule has 3 rings (SSSR count). The van der Waals surface area contributed by atoms with E-state index in [1.807, 2.05) is 0 Å². The van der Waals surface area contributed by atoms with E-state index in [0.717, 1.165) is 24.3 Å². The Morgan fingerprint density at radius 2 is 1.76 bits per heavy atom. The second-order valence-electron chi connectivity index (χ2n) is 5.64. The topological polar surface area (TPSA) is 38.0 Å². The van der Waals surface area contributed by atoms with E-state index in [-0.39, 0.29) is 27.4 Å². The van der Waals surface area contributed by atoms with Gasteiger partial charge in [-0.25, -0.2) is 13.2 Å². The lowest BCUT2D eigenvalue weighted by Gasteiger charge is -2.16. The van der Waals surface area contributed by atoms with Crippen molar-refractivity contribution in [2.24, 2.45) is 7.05 Å². The molecule has 3 aromatic rings. The molecule has 0 aliphatic rings. The van der Waals surface area contributed by atoms with Crippen LogP contribution in [0, 0.1) is 24.4 Å². The molecular formula is C18H14ClF3N2O. The van der Waals surface area contributed by atoms with Crippen molar-refractivity contribution in [1.82, 2.24) is 9.78 Å². The van der Waals surface area contributed by atoms with E-state index in [2.05, 4.69) is 5.10 Å². The first-order chi connectivity index (χ1) is 11.8. The van der Waals surface area contributed by atoms with Crippen LogP contribution >= 0.6 is 11.6 Å². The highest BCUT2D eigenvalue weighted by Crippen LogP contribution is 2.38. The largest absolute Gasteiger partial charge is 0.383 e. The monoisotopic (exact) mass is 366 g/mol. The van der Waals surface area contributed by atoms with E-state index in [0.29, 0.717) is 5.69 Å². The fraction of sp³-hybridized carbons (Fsp3) is 0.167. The third-order valence-corrected chi connectivity index (χ3v) is 4.33. The highest BCUT2D eigenvalue weighted by Gasteiger charge is 2.27. The van der Waals surface area contributed by atoms with Crippen molar-refractivity contribution in [2.75, 3.05) is 0 Å². The second kappa shape index (κ2) is 6.54. The molecule has 0 spiro atoms. The normalized spacial score (nSPS) is 12.4. The summed E-state index contributed by atoms with van der Waals surface area (Å²) in [5.74, 6) is -2.10. The van der Waals surface area contributed by atoms with Crippen molar-refractivity contribution in [3.05, 3.63) is 75.7 Å². The van der Waals surface area contributed by atoms with E-state index < -0.39 is 23.6 Å². The highest BCUT2D eigenvalue weighted by atomic mass is 35.5. The number of hydrogen-bond donors (Lipinski definition) is 1. The summed E-state index contributed by atoms with van der Waals surface area (Å²) in [4.78, 5) is 0. The lowest BCUT2D eigenvalue weighted by atomic mass is 9.96. The zero-order chi connectivity index (χ0) is 18.3. The van der Waals surface area contributed by atoms with Crippen LogP contribution < -0.4 is 0 Å². The maximum atomic E-state index is 14.3. The standard InChI is InChI=1S/C18H14ClF3N2O/c1-9-15(18(25)11-7-6-10(20)8-12(11)19)17(24(2)23-9)16-13(21)4-3-5-14(16)22/h3-8,18,25H,1-2H3/t18-/m1/s1. The third kappa shape index (κ3) is 3.03. The SMILES string of the molecule is Cc1nn(C)c(-c2c(F)cccc2F)c1[C@H](O)c1ccc(F)cc1Cl. The van der Waals surface area contributed by atoms with Crippen LogP contribution in [0.2, 0.25) is 5.02 Å². The van der Waals surface area contributed by atoms with Gasteiger partial charge < -0.3 is 5.11 Å². The van der Waals surface area contributed by atoms with Crippen LogP contribution in [0.5, 0.6) is 0 Å². The van der Waals surface area contributed by atoms with Crippen LogP contribution in [0.25, 0.3) is 11.3 Å². The van der Waals surface area contributed by atoms with Crippen LogP contribution in [0.1, 0.15) is 22.9 Å². The van der Waals surface area contributed by atoms with Gasteiger partial charge in [-0.05, 0) is 31.2 Å². The Hall–Kier alpha value is -2.31. The second-order valence-corrected chi connectivity index (χ2v) is 6.04. The molecule has 0 amide bonds. The van der Waals surface area contributed by atoms with Gasteiger partial charge in [0.15, 0.2) is 0 Å². The zero-order valence-electron chi connectivity index (χ0n) is 13.4. The summed E-state index contributed by atoms with van der Waals surface area (Å²) < 4.78 is 43.1. The fourth-order valence-electron chi connectivity index (χ4n) is 2.90. The number of benzene rings is 2. The molecule has 7 heteroatoms. The minimum Gasteiger partial charge on any atom is -0.383 e. The molecule has 25 heavy (non-hydrogen) atoms. The van der Waals surface area contributed by atoms with Crippen LogP contribution in [0.4, 0.5) is 13.2 Å². The number of nitrogens with zero attached hydrogens (tertiary/aromatic N) is 2. The van der Waals surface area contributed by atoms with Gasteiger partial charge in [-0.2, -0.15) is 5.10 Å². The number of halogens is 4. The molecule has 1 aromatic heterocycles. The average Bonchev–Trinajstić information content (AvgIpc) is 2.81. The van der Waals surface area contributed by atoms with Crippen molar-refractivity contribution in [1.29, 1.82) is 0 Å². The van der Waals surface area contributed by atoms with E-state index >= 15 is 0 Å². The molecular weight excluding hydrogens is 353 g/mol. The molecule has 3 nitrogen and oxygen atoms in total. The quantitative estimate of drug-likeness (QED) is 0.738. The Morgan fingerprint density at radius 1 is 1.12 bits per heavy atom. The summed E-state index contributed by atoms with van der Waals surface area (Å²) in [6.45, 7) is 1.61. The summed E-state index contributed by atoms with van der Waals surface area (Å²) in [5.41, 5.74) is 0.615. The Morgan fingerprint density at radius 3 is 2.36 bits per heavy atom. The smallest absolute Gasteiger partial charge is 0.135 e. The summed E-state index contributed by atoms with van der Waals surface area (Å²) in [7, 11) is 1.52. The number of aliphatic hydroxyl groups excluding tert-OH is 1. The molecule has 0 saturated heterocycles. The Bertz CT molecular complexity index is 935. The van der Waals surface area contributed by atoms with Gasteiger partial charge in [0.2, 0.25) is 0 Å². The van der Waals surface area contributed by atoms with Crippen LogP contribution in [0.3, 0.4) is 0 Å². The van der Waals surface area contributed by atoms with Gasteiger partial charge in [-0.15, -0.1) is 0 Å². The van der Waals surface area contributed by atoms with Crippen LogP contribution in [0.15, 0.2) is 36.4 Å². The van der Waals surface area contributed by atoms with Gasteiger partial charge in [-0.3, -0.25) is 4.68 Å².